The van der Waals surface area contributed by atoms with Gasteiger partial charge in [-0.15, -0.1) is 0 Å². The summed E-state index contributed by atoms with van der Waals surface area (Å²) in [6, 6.07) is 6.58. The topological polar surface area (TPSA) is 87.6 Å². The Labute approximate surface area is 163 Å². The number of anilines is 1. The zero-order chi connectivity index (χ0) is 19.7. The number of rotatable bonds is 2. The van der Waals surface area contributed by atoms with E-state index in [9.17, 15) is 14.4 Å². The van der Waals surface area contributed by atoms with Gasteiger partial charge in [-0.1, -0.05) is 6.08 Å². The third-order valence-corrected chi connectivity index (χ3v) is 5.20. The molecule has 1 atom stereocenters. The lowest BCUT2D eigenvalue weighted by atomic mass is 9.77. The van der Waals surface area contributed by atoms with Gasteiger partial charge in [0.1, 0.15) is 0 Å². The van der Waals surface area contributed by atoms with Gasteiger partial charge in [0.05, 0.1) is 5.71 Å². The molecule has 0 fully saturated rings. The van der Waals surface area contributed by atoms with Gasteiger partial charge in [-0.3, -0.25) is 14.4 Å². The summed E-state index contributed by atoms with van der Waals surface area (Å²) in [6.45, 7) is 1.43. The van der Waals surface area contributed by atoms with Crippen molar-refractivity contribution in [2.75, 3.05) is 5.32 Å². The van der Waals surface area contributed by atoms with Gasteiger partial charge in [0.2, 0.25) is 5.91 Å². The SMILES string of the molecule is CC(=O)Nc1ccc(C(=O)N=C2C=CC3C(=C2)NC(=O)C2=C3CCCC2)cc1. The molecule has 0 bridgehead atoms. The number of amides is 3. The Kier molecular flexibility index (Phi) is 4.77. The van der Waals surface area contributed by atoms with Crippen molar-refractivity contribution in [3.05, 3.63) is 64.9 Å². The average Bonchev–Trinajstić information content (AvgIpc) is 2.68. The number of nitrogens with zero attached hydrogens (tertiary/aromatic N) is 1. The van der Waals surface area contributed by atoms with E-state index in [1.165, 1.54) is 12.5 Å². The Morgan fingerprint density at radius 1 is 1.14 bits per heavy atom. The van der Waals surface area contributed by atoms with Crippen molar-refractivity contribution < 1.29 is 14.4 Å². The summed E-state index contributed by atoms with van der Waals surface area (Å²) >= 11 is 0. The summed E-state index contributed by atoms with van der Waals surface area (Å²) < 4.78 is 0. The highest BCUT2D eigenvalue weighted by Gasteiger charge is 2.33. The van der Waals surface area contributed by atoms with E-state index < -0.39 is 0 Å². The summed E-state index contributed by atoms with van der Waals surface area (Å²) in [4.78, 5) is 40.1. The quantitative estimate of drug-likeness (QED) is 0.831. The largest absolute Gasteiger partial charge is 0.326 e. The summed E-state index contributed by atoms with van der Waals surface area (Å²) in [5.41, 5.74) is 4.49. The first-order chi connectivity index (χ1) is 13.5. The summed E-state index contributed by atoms with van der Waals surface area (Å²) in [6.07, 6.45) is 9.59. The van der Waals surface area contributed by atoms with Gasteiger partial charge < -0.3 is 10.6 Å². The highest BCUT2D eigenvalue weighted by Crippen LogP contribution is 2.38. The minimum Gasteiger partial charge on any atom is -0.326 e. The molecule has 1 aromatic carbocycles. The molecule has 0 saturated heterocycles. The fraction of sp³-hybridized carbons (Fsp3) is 0.273. The zero-order valence-electron chi connectivity index (χ0n) is 15.6. The fourth-order valence-electron chi connectivity index (χ4n) is 3.90. The molecule has 2 aliphatic carbocycles. The number of allylic oxidation sites excluding steroid dienone is 3. The smallest absolute Gasteiger partial charge is 0.277 e. The fourth-order valence-corrected chi connectivity index (χ4v) is 3.90. The molecule has 2 N–H and O–H groups in total. The van der Waals surface area contributed by atoms with Crippen LogP contribution in [0.2, 0.25) is 0 Å². The van der Waals surface area contributed by atoms with Crippen LogP contribution >= 0.6 is 0 Å². The molecule has 1 heterocycles. The number of carbonyl (C=O) groups excluding carboxylic acids is 3. The van der Waals surface area contributed by atoms with Gasteiger partial charge in [-0.2, -0.15) is 0 Å². The van der Waals surface area contributed by atoms with Crippen LogP contribution in [0.5, 0.6) is 0 Å². The highest BCUT2D eigenvalue weighted by molar-refractivity contribution is 6.14. The first-order valence-corrected chi connectivity index (χ1v) is 9.45. The predicted octanol–water partition coefficient (Wildman–Crippen LogP) is 3.30. The van der Waals surface area contributed by atoms with E-state index in [0.717, 1.165) is 37.0 Å². The van der Waals surface area contributed by atoms with Crippen molar-refractivity contribution >= 4 is 29.1 Å². The third-order valence-electron chi connectivity index (χ3n) is 5.20. The van der Waals surface area contributed by atoms with Gasteiger partial charge in [0.15, 0.2) is 0 Å². The molecule has 3 amide bonds. The lowest BCUT2D eigenvalue weighted by Gasteiger charge is -2.33. The molecule has 142 valence electrons. The van der Waals surface area contributed by atoms with Gasteiger partial charge in [-0.05, 0) is 67.7 Å². The van der Waals surface area contributed by atoms with E-state index in [-0.39, 0.29) is 23.6 Å². The van der Waals surface area contributed by atoms with Crippen molar-refractivity contribution in [2.45, 2.75) is 32.6 Å². The van der Waals surface area contributed by atoms with Crippen LogP contribution in [0.4, 0.5) is 5.69 Å². The molecule has 0 aromatic heterocycles. The van der Waals surface area contributed by atoms with E-state index in [1.807, 2.05) is 12.2 Å². The number of hydrogen-bond acceptors (Lipinski definition) is 3. The maximum absolute atomic E-state index is 12.5. The first kappa shape index (κ1) is 18.1. The number of nitrogens with one attached hydrogen (secondary N) is 2. The van der Waals surface area contributed by atoms with Crippen LogP contribution in [0.25, 0.3) is 0 Å². The first-order valence-electron chi connectivity index (χ1n) is 9.45. The van der Waals surface area contributed by atoms with E-state index in [4.69, 9.17) is 0 Å². The van der Waals surface area contributed by atoms with Crippen molar-refractivity contribution in [3.8, 4) is 0 Å². The maximum Gasteiger partial charge on any atom is 0.277 e. The molecule has 3 aliphatic rings. The Balaban J connectivity index is 1.54. The summed E-state index contributed by atoms with van der Waals surface area (Å²) in [5, 5.41) is 5.63. The van der Waals surface area contributed by atoms with Gasteiger partial charge in [0.25, 0.3) is 11.8 Å². The van der Waals surface area contributed by atoms with Gasteiger partial charge >= 0.3 is 0 Å². The van der Waals surface area contributed by atoms with Crippen LogP contribution in [0.3, 0.4) is 0 Å². The Hall–Kier alpha value is -3.28. The second-order valence-corrected chi connectivity index (χ2v) is 7.20. The summed E-state index contributed by atoms with van der Waals surface area (Å²) in [7, 11) is 0. The molecular weight excluding hydrogens is 354 g/mol. The number of fused-ring (bicyclic) bond motifs is 2. The van der Waals surface area contributed by atoms with Crippen LogP contribution in [0, 0.1) is 5.92 Å². The molecule has 6 nitrogen and oxygen atoms in total. The molecule has 0 spiro atoms. The van der Waals surface area contributed by atoms with Crippen molar-refractivity contribution in [1.82, 2.24) is 5.32 Å². The second kappa shape index (κ2) is 7.38. The van der Waals surface area contributed by atoms with Crippen molar-refractivity contribution in [3.63, 3.8) is 0 Å². The summed E-state index contributed by atoms with van der Waals surface area (Å²) in [5.74, 6) is -0.478. The van der Waals surface area contributed by atoms with Crippen molar-refractivity contribution in [2.24, 2.45) is 10.9 Å². The molecule has 0 saturated carbocycles. The molecule has 1 unspecified atom stereocenters. The third kappa shape index (κ3) is 3.58. The lowest BCUT2D eigenvalue weighted by Crippen LogP contribution is -2.37. The molecule has 4 rings (SSSR count). The normalized spacial score (nSPS) is 22.2. The lowest BCUT2D eigenvalue weighted by molar-refractivity contribution is -0.117. The van der Waals surface area contributed by atoms with Crippen LogP contribution in [0.15, 0.2) is 64.3 Å². The Morgan fingerprint density at radius 3 is 2.64 bits per heavy atom. The second-order valence-electron chi connectivity index (χ2n) is 7.20. The minimum atomic E-state index is -0.371. The maximum atomic E-state index is 12.5. The molecule has 1 aromatic rings. The van der Waals surface area contributed by atoms with Crippen LogP contribution in [0.1, 0.15) is 43.0 Å². The number of hydrogen-bond donors (Lipinski definition) is 2. The predicted molar refractivity (Wildman–Crippen MR) is 107 cm³/mol. The van der Waals surface area contributed by atoms with E-state index >= 15 is 0 Å². The minimum absolute atomic E-state index is 0.0215. The van der Waals surface area contributed by atoms with Crippen molar-refractivity contribution in [1.29, 1.82) is 0 Å². The van der Waals surface area contributed by atoms with E-state index in [2.05, 4.69) is 15.6 Å². The van der Waals surface area contributed by atoms with Crippen LogP contribution in [-0.4, -0.2) is 23.4 Å². The highest BCUT2D eigenvalue weighted by atomic mass is 16.2. The van der Waals surface area contributed by atoms with E-state index in [1.54, 1.807) is 30.3 Å². The number of carbonyl (C=O) groups is 3. The number of benzene rings is 1. The monoisotopic (exact) mass is 375 g/mol. The Morgan fingerprint density at radius 2 is 1.89 bits per heavy atom. The zero-order valence-corrected chi connectivity index (χ0v) is 15.6. The molecule has 6 heteroatoms. The van der Waals surface area contributed by atoms with E-state index in [0.29, 0.717) is 17.0 Å². The molecule has 28 heavy (non-hydrogen) atoms. The van der Waals surface area contributed by atoms with Gasteiger partial charge in [-0.25, -0.2) is 4.99 Å². The van der Waals surface area contributed by atoms with Crippen LogP contribution < -0.4 is 10.6 Å². The standard InChI is InChI=1S/C22H21N3O3/c1-13(26)23-15-8-6-14(7-9-15)21(27)24-16-10-11-18-17-4-2-3-5-19(17)22(28)25-20(18)12-16/h6-12,18H,2-5H2,1H3,(H,23,26)(H,25,28). The van der Waals surface area contributed by atoms with Crippen LogP contribution in [-0.2, 0) is 9.59 Å². The Bertz CT molecular complexity index is 981. The average molecular weight is 375 g/mol. The number of aliphatic imine (C=N–C) groups is 1. The van der Waals surface area contributed by atoms with Gasteiger partial charge in [0, 0.05) is 35.4 Å². The molecule has 1 aliphatic heterocycles. The molecule has 0 radical (unpaired) electrons. The molecular formula is C22H21N3O3.